The molecule has 0 radical (unpaired) electrons. The molecule has 27 heavy (non-hydrogen) atoms. The number of ketones is 1. The Labute approximate surface area is 160 Å². The summed E-state index contributed by atoms with van der Waals surface area (Å²) in [5.41, 5.74) is 2.54. The van der Waals surface area contributed by atoms with Gasteiger partial charge >= 0.3 is 12.1 Å². The van der Waals surface area contributed by atoms with Crippen molar-refractivity contribution in [3.05, 3.63) is 34.9 Å². The van der Waals surface area contributed by atoms with Crippen LogP contribution in [0.5, 0.6) is 0 Å². The van der Waals surface area contributed by atoms with E-state index in [1.807, 2.05) is 18.2 Å². The SMILES string of the molecule is C[C@@H](OC(=O)CCCNC(=O)OC(C)(C)C)C(=O)c1ccc2c(c1)CCC2. The minimum absolute atomic E-state index is 0.123. The normalized spacial score (nSPS) is 14.2. The molecule has 2 rings (SSSR count). The van der Waals surface area contributed by atoms with Crippen LogP contribution in [0.2, 0.25) is 0 Å². The molecule has 1 atom stereocenters. The molecule has 1 amide bonds. The van der Waals surface area contributed by atoms with Crippen molar-refractivity contribution in [3.8, 4) is 0 Å². The van der Waals surface area contributed by atoms with Crippen molar-refractivity contribution in [1.29, 1.82) is 0 Å². The second-order valence-electron chi connectivity index (χ2n) is 7.87. The van der Waals surface area contributed by atoms with Crippen molar-refractivity contribution in [2.24, 2.45) is 0 Å². The number of aryl methyl sites for hydroxylation is 2. The number of amides is 1. The first-order chi connectivity index (χ1) is 12.7. The lowest BCUT2D eigenvalue weighted by molar-refractivity contribution is -0.146. The largest absolute Gasteiger partial charge is 0.454 e. The summed E-state index contributed by atoms with van der Waals surface area (Å²) in [6.45, 7) is 7.24. The molecule has 0 saturated heterocycles. The third kappa shape index (κ3) is 6.70. The number of alkyl carbamates (subject to hydrolysis) is 1. The van der Waals surface area contributed by atoms with Crippen LogP contribution in [0.15, 0.2) is 18.2 Å². The first-order valence-corrected chi connectivity index (χ1v) is 9.48. The molecule has 1 N–H and O–H groups in total. The molecule has 0 aromatic heterocycles. The zero-order chi connectivity index (χ0) is 20.0. The Hall–Kier alpha value is -2.37. The van der Waals surface area contributed by atoms with E-state index in [4.69, 9.17) is 9.47 Å². The van der Waals surface area contributed by atoms with Crippen molar-refractivity contribution in [3.63, 3.8) is 0 Å². The van der Waals surface area contributed by atoms with E-state index >= 15 is 0 Å². The van der Waals surface area contributed by atoms with E-state index in [2.05, 4.69) is 5.32 Å². The molecule has 6 nitrogen and oxygen atoms in total. The van der Waals surface area contributed by atoms with Gasteiger partial charge in [0.1, 0.15) is 5.60 Å². The molecule has 0 bridgehead atoms. The molecule has 0 spiro atoms. The maximum atomic E-state index is 12.5. The smallest absolute Gasteiger partial charge is 0.407 e. The molecule has 0 heterocycles. The number of hydrogen-bond donors (Lipinski definition) is 1. The molecule has 1 aliphatic carbocycles. The van der Waals surface area contributed by atoms with Crippen LogP contribution in [-0.2, 0) is 27.1 Å². The van der Waals surface area contributed by atoms with E-state index in [-0.39, 0.29) is 12.2 Å². The number of carbonyl (C=O) groups excluding carboxylic acids is 3. The summed E-state index contributed by atoms with van der Waals surface area (Å²) >= 11 is 0. The molecular formula is C21H29NO5. The highest BCUT2D eigenvalue weighted by molar-refractivity contribution is 6.00. The minimum Gasteiger partial charge on any atom is -0.454 e. The number of carbonyl (C=O) groups is 3. The van der Waals surface area contributed by atoms with Crippen LogP contribution in [0, 0.1) is 0 Å². The average Bonchev–Trinajstić information content (AvgIpc) is 3.04. The first-order valence-electron chi connectivity index (χ1n) is 9.48. The topological polar surface area (TPSA) is 81.7 Å². The van der Waals surface area contributed by atoms with Gasteiger partial charge in [-0.2, -0.15) is 0 Å². The summed E-state index contributed by atoms with van der Waals surface area (Å²) in [5.74, 6) is -0.645. The van der Waals surface area contributed by atoms with Crippen LogP contribution in [-0.4, -0.2) is 36.1 Å². The van der Waals surface area contributed by atoms with Gasteiger partial charge in [0.2, 0.25) is 5.78 Å². The van der Waals surface area contributed by atoms with Gasteiger partial charge in [-0.15, -0.1) is 0 Å². The maximum Gasteiger partial charge on any atom is 0.407 e. The van der Waals surface area contributed by atoms with Gasteiger partial charge in [0.15, 0.2) is 6.10 Å². The molecule has 1 aromatic carbocycles. The first kappa shape index (κ1) is 20.9. The molecule has 148 valence electrons. The van der Waals surface area contributed by atoms with Crippen molar-refractivity contribution in [2.45, 2.75) is 71.5 Å². The van der Waals surface area contributed by atoms with Crippen LogP contribution < -0.4 is 5.32 Å². The predicted octanol–water partition coefficient (Wildman–Crippen LogP) is 3.59. The number of rotatable bonds is 7. The molecule has 0 unspecified atom stereocenters. The van der Waals surface area contributed by atoms with Crippen molar-refractivity contribution >= 4 is 17.8 Å². The van der Waals surface area contributed by atoms with Gasteiger partial charge in [0.25, 0.3) is 0 Å². The van der Waals surface area contributed by atoms with Gasteiger partial charge in [0.05, 0.1) is 0 Å². The Morgan fingerprint density at radius 2 is 1.85 bits per heavy atom. The number of ether oxygens (including phenoxy) is 2. The van der Waals surface area contributed by atoms with Crippen LogP contribution in [0.4, 0.5) is 4.79 Å². The van der Waals surface area contributed by atoms with Crippen LogP contribution in [0.3, 0.4) is 0 Å². The molecule has 1 aromatic rings. The lowest BCUT2D eigenvalue weighted by Gasteiger charge is -2.19. The molecular weight excluding hydrogens is 346 g/mol. The van der Waals surface area contributed by atoms with Gasteiger partial charge in [-0.05, 0) is 70.6 Å². The maximum absolute atomic E-state index is 12.5. The summed E-state index contributed by atoms with van der Waals surface area (Å²) in [6.07, 6.45) is 2.37. The zero-order valence-corrected chi connectivity index (χ0v) is 16.6. The van der Waals surface area contributed by atoms with Crippen molar-refractivity contribution in [1.82, 2.24) is 5.32 Å². The second kappa shape index (κ2) is 9.02. The standard InChI is InChI=1S/C21H29NO5/c1-14(19(24)17-11-10-15-7-5-8-16(15)13-17)26-18(23)9-6-12-22-20(25)27-21(2,3)4/h10-11,13-14H,5-9,12H2,1-4H3,(H,22,25)/t14-/m1/s1. The average molecular weight is 375 g/mol. The van der Waals surface area contributed by atoms with E-state index in [9.17, 15) is 14.4 Å². The van der Waals surface area contributed by atoms with Gasteiger partial charge in [-0.3, -0.25) is 9.59 Å². The third-order valence-electron chi connectivity index (χ3n) is 4.29. The van der Waals surface area contributed by atoms with Crippen molar-refractivity contribution in [2.75, 3.05) is 6.54 Å². The van der Waals surface area contributed by atoms with Gasteiger partial charge in [-0.25, -0.2) is 4.79 Å². The quantitative estimate of drug-likeness (QED) is 0.447. The number of esters is 1. The predicted molar refractivity (Wildman–Crippen MR) is 102 cm³/mol. The lowest BCUT2D eigenvalue weighted by atomic mass is 10.0. The molecule has 0 saturated carbocycles. The number of Topliss-reactive ketones (excluding diaryl/α,β-unsaturated/α-hetero) is 1. The Morgan fingerprint density at radius 1 is 1.15 bits per heavy atom. The Balaban J connectivity index is 1.72. The summed E-state index contributed by atoms with van der Waals surface area (Å²) in [4.78, 5) is 35.9. The number of benzene rings is 1. The summed E-state index contributed by atoms with van der Waals surface area (Å²) in [5, 5.41) is 2.58. The zero-order valence-electron chi connectivity index (χ0n) is 16.6. The van der Waals surface area contributed by atoms with Crippen LogP contribution in [0.25, 0.3) is 0 Å². The molecule has 0 fully saturated rings. The second-order valence-corrected chi connectivity index (χ2v) is 7.87. The molecule has 0 aliphatic heterocycles. The fourth-order valence-electron chi connectivity index (χ4n) is 3.01. The minimum atomic E-state index is -0.823. The number of hydrogen-bond acceptors (Lipinski definition) is 5. The van der Waals surface area contributed by atoms with E-state index in [0.717, 1.165) is 19.3 Å². The highest BCUT2D eigenvalue weighted by atomic mass is 16.6. The Kier molecular flexibility index (Phi) is 6.99. The van der Waals surface area contributed by atoms with E-state index in [1.54, 1.807) is 27.7 Å². The number of fused-ring (bicyclic) bond motifs is 1. The van der Waals surface area contributed by atoms with Crippen LogP contribution in [0.1, 0.15) is 68.4 Å². The highest BCUT2D eigenvalue weighted by Crippen LogP contribution is 2.23. The van der Waals surface area contributed by atoms with E-state index in [0.29, 0.717) is 18.5 Å². The van der Waals surface area contributed by atoms with Crippen LogP contribution >= 0.6 is 0 Å². The summed E-state index contributed by atoms with van der Waals surface area (Å²) in [7, 11) is 0. The summed E-state index contributed by atoms with van der Waals surface area (Å²) in [6, 6.07) is 5.72. The van der Waals surface area contributed by atoms with E-state index < -0.39 is 23.8 Å². The monoisotopic (exact) mass is 375 g/mol. The number of nitrogens with one attached hydrogen (secondary N) is 1. The Morgan fingerprint density at radius 3 is 2.56 bits per heavy atom. The fraction of sp³-hybridized carbons (Fsp3) is 0.571. The van der Waals surface area contributed by atoms with Gasteiger partial charge in [0, 0.05) is 18.5 Å². The third-order valence-corrected chi connectivity index (χ3v) is 4.29. The highest BCUT2D eigenvalue weighted by Gasteiger charge is 2.21. The molecule has 6 heteroatoms. The van der Waals surface area contributed by atoms with Gasteiger partial charge in [-0.1, -0.05) is 12.1 Å². The van der Waals surface area contributed by atoms with E-state index in [1.165, 1.54) is 11.1 Å². The van der Waals surface area contributed by atoms with Gasteiger partial charge < -0.3 is 14.8 Å². The lowest BCUT2D eigenvalue weighted by Crippen LogP contribution is -2.33. The Bertz CT molecular complexity index is 705. The fourth-order valence-corrected chi connectivity index (χ4v) is 3.01. The summed E-state index contributed by atoms with van der Waals surface area (Å²) < 4.78 is 10.4. The molecule has 1 aliphatic rings. The van der Waals surface area contributed by atoms with Crippen molar-refractivity contribution < 1.29 is 23.9 Å².